The predicted octanol–water partition coefficient (Wildman–Crippen LogP) is 4.42. The van der Waals surface area contributed by atoms with E-state index in [-0.39, 0.29) is 11.5 Å². The number of phenols is 2. The van der Waals surface area contributed by atoms with Crippen molar-refractivity contribution in [3.8, 4) is 23.0 Å². The lowest BCUT2D eigenvalue weighted by molar-refractivity contribution is 0.455. The summed E-state index contributed by atoms with van der Waals surface area (Å²) in [5.74, 6) is 1.49. The molecule has 3 nitrogen and oxygen atoms in total. The molecule has 5 heteroatoms. The van der Waals surface area contributed by atoms with Crippen LogP contribution in [0.3, 0.4) is 0 Å². The summed E-state index contributed by atoms with van der Waals surface area (Å²) in [7, 11) is 0. The van der Waals surface area contributed by atoms with Crippen LogP contribution >= 0.6 is 31.9 Å². The van der Waals surface area contributed by atoms with Gasteiger partial charge < -0.3 is 14.9 Å². The topological polar surface area (TPSA) is 49.7 Å². The molecule has 2 rings (SSSR count). The molecule has 88 valence electrons. The highest BCUT2D eigenvalue weighted by Crippen LogP contribution is 2.40. The summed E-state index contributed by atoms with van der Waals surface area (Å²) in [6, 6.07) is 9.57. The number of rotatable bonds is 2. The van der Waals surface area contributed by atoms with Crippen LogP contribution in [0.2, 0.25) is 0 Å². The maximum Gasteiger partial charge on any atom is 0.143 e. The van der Waals surface area contributed by atoms with Gasteiger partial charge in [-0.25, -0.2) is 0 Å². The second kappa shape index (κ2) is 4.98. The largest absolute Gasteiger partial charge is 0.508 e. The van der Waals surface area contributed by atoms with Gasteiger partial charge in [0.2, 0.25) is 0 Å². The molecule has 0 aliphatic rings. The maximum atomic E-state index is 9.46. The Bertz CT molecular complexity index is 538. The molecule has 0 unspecified atom stereocenters. The Morgan fingerprint density at radius 1 is 0.824 bits per heavy atom. The molecular formula is C12H8Br2O3. The van der Waals surface area contributed by atoms with E-state index in [4.69, 9.17) is 9.84 Å². The van der Waals surface area contributed by atoms with Crippen molar-refractivity contribution >= 4 is 31.9 Å². The fourth-order valence-corrected chi connectivity index (χ4v) is 1.99. The van der Waals surface area contributed by atoms with E-state index in [1.54, 1.807) is 30.3 Å². The number of hydrogen-bond acceptors (Lipinski definition) is 3. The molecule has 0 aromatic heterocycles. The quantitative estimate of drug-likeness (QED) is 0.834. The standard InChI is InChI=1S/C12H8Br2O3/c13-11-9(16)5-6-10(12(11)14)17-8-3-1-7(15)2-4-8/h1-6,15-16H. The van der Waals surface area contributed by atoms with E-state index in [1.165, 1.54) is 6.07 Å². The molecule has 0 spiro atoms. The third kappa shape index (κ3) is 2.73. The van der Waals surface area contributed by atoms with Gasteiger partial charge in [0.25, 0.3) is 0 Å². The Labute approximate surface area is 115 Å². The molecule has 17 heavy (non-hydrogen) atoms. The van der Waals surface area contributed by atoms with Gasteiger partial charge in [0, 0.05) is 0 Å². The van der Waals surface area contributed by atoms with Gasteiger partial charge in [-0.3, -0.25) is 0 Å². The van der Waals surface area contributed by atoms with Crippen LogP contribution in [-0.2, 0) is 0 Å². The van der Waals surface area contributed by atoms with Crippen molar-refractivity contribution < 1.29 is 14.9 Å². The molecule has 2 aromatic carbocycles. The van der Waals surface area contributed by atoms with Crippen LogP contribution in [0, 0.1) is 0 Å². The van der Waals surface area contributed by atoms with Gasteiger partial charge in [-0.05, 0) is 68.3 Å². The van der Waals surface area contributed by atoms with E-state index in [1.807, 2.05) is 0 Å². The summed E-state index contributed by atoms with van der Waals surface area (Å²) in [6.07, 6.45) is 0. The minimum absolute atomic E-state index is 0.134. The number of ether oxygens (including phenoxy) is 1. The van der Waals surface area contributed by atoms with E-state index >= 15 is 0 Å². The minimum Gasteiger partial charge on any atom is -0.508 e. The first-order valence-corrected chi connectivity index (χ1v) is 6.30. The van der Waals surface area contributed by atoms with Gasteiger partial charge in [-0.2, -0.15) is 0 Å². The number of hydrogen-bond donors (Lipinski definition) is 2. The van der Waals surface area contributed by atoms with Crippen molar-refractivity contribution in [2.45, 2.75) is 0 Å². The van der Waals surface area contributed by atoms with Crippen LogP contribution < -0.4 is 4.74 Å². The molecule has 0 amide bonds. The Morgan fingerprint density at radius 2 is 1.47 bits per heavy atom. The summed E-state index contributed by atoms with van der Waals surface area (Å²) in [5.41, 5.74) is 0. The fourth-order valence-electron chi connectivity index (χ4n) is 1.24. The van der Waals surface area contributed by atoms with Crippen molar-refractivity contribution in [3.05, 3.63) is 45.3 Å². The zero-order valence-corrected chi connectivity index (χ0v) is 11.7. The zero-order chi connectivity index (χ0) is 12.4. The predicted molar refractivity (Wildman–Crippen MR) is 71.7 cm³/mol. The average molecular weight is 360 g/mol. The Kier molecular flexibility index (Phi) is 3.59. The van der Waals surface area contributed by atoms with Crippen LogP contribution in [0.4, 0.5) is 0 Å². The first-order valence-electron chi connectivity index (χ1n) is 4.72. The smallest absolute Gasteiger partial charge is 0.143 e. The summed E-state index contributed by atoms with van der Waals surface area (Å²) in [4.78, 5) is 0. The molecule has 0 bridgehead atoms. The molecule has 0 fully saturated rings. The van der Waals surface area contributed by atoms with Gasteiger partial charge >= 0.3 is 0 Å². The minimum atomic E-state index is 0.134. The van der Waals surface area contributed by atoms with E-state index in [2.05, 4.69) is 31.9 Å². The molecule has 0 radical (unpaired) electrons. The van der Waals surface area contributed by atoms with Crippen LogP contribution in [0.5, 0.6) is 23.0 Å². The van der Waals surface area contributed by atoms with Crippen LogP contribution in [0.25, 0.3) is 0 Å². The Morgan fingerprint density at radius 3 is 2.12 bits per heavy atom. The average Bonchev–Trinajstić information content (AvgIpc) is 2.33. The molecule has 0 saturated heterocycles. The lowest BCUT2D eigenvalue weighted by Gasteiger charge is -2.09. The third-order valence-corrected chi connectivity index (χ3v) is 4.21. The van der Waals surface area contributed by atoms with Crippen molar-refractivity contribution in [3.63, 3.8) is 0 Å². The number of phenolic OH excluding ortho intramolecular Hbond substituents is 2. The molecule has 2 N–H and O–H groups in total. The number of halogens is 2. The summed E-state index contributed by atoms with van der Waals surface area (Å²) in [5, 5.41) is 18.6. The molecule has 0 saturated carbocycles. The summed E-state index contributed by atoms with van der Waals surface area (Å²) in [6.45, 7) is 0. The van der Waals surface area contributed by atoms with Gasteiger partial charge in [0.05, 0.1) is 8.95 Å². The molecule has 0 aliphatic carbocycles. The van der Waals surface area contributed by atoms with Crippen molar-refractivity contribution in [1.82, 2.24) is 0 Å². The van der Waals surface area contributed by atoms with Crippen molar-refractivity contribution in [2.75, 3.05) is 0 Å². The Balaban J connectivity index is 2.30. The zero-order valence-electron chi connectivity index (χ0n) is 8.52. The highest BCUT2D eigenvalue weighted by Gasteiger charge is 2.10. The highest BCUT2D eigenvalue weighted by molar-refractivity contribution is 9.13. The molecule has 0 aliphatic heterocycles. The molecule has 0 heterocycles. The lowest BCUT2D eigenvalue weighted by Crippen LogP contribution is -1.86. The first kappa shape index (κ1) is 12.3. The molecule has 0 atom stereocenters. The summed E-state index contributed by atoms with van der Waals surface area (Å²) < 4.78 is 6.77. The SMILES string of the molecule is Oc1ccc(Oc2ccc(O)c(Br)c2Br)cc1. The first-order chi connectivity index (χ1) is 8.08. The van der Waals surface area contributed by atoms with Gasteiger partial charge in [-0.1, -0.05) is 0 Å². The van der Waals surface area contributed by atoms with Gasteiger partial charge in [-0.15, -0.1) is 0 Å². The van der Waals surface area contributed by atoms with Gasteiger partial charge in [0.1, 0.15) is 23.0 Å². The molecule has 2 aromatic rings. The van der Waals surface area contributed by atoms with E-state index in [0.29, 0.717) is 20.4 Å². The lowest BCUT2D eigenvalue weighted by atomic mass is 10.3. The maximum absolute atomic E-state index is 9.46. The van der Waals surface area contributed by atoms with Crippen molar-refractivity contribution in [2.24, 2.45) is 0 Å². The highest BCUT2D eigenvalue weighted by atomic mass is 79.9. The van der Waals surface area contributed by atoms with E-state index in [0.717, 1.165) is 0 Å². The van der Waals surface area contributed by atoms with Crippen LogP contribution in [-0.4, -0.2) is 10.2 Å². The second-order valence-electron chi connectivity index (χ2n) is 3.31. The van der Waals surface area contributed by atoms with Crippen molar-refractivity contribution in [1.29, 1.82) is 0 Å². The van der Waals surface area contributed by atoms with Gasteiger partial charge in [0.15, 0.2) is 0 Å². The number of benzene rings is 2. The summed E-state index contributed by atoms with van der Waals surface area (Å²) >= 11 is 6.56. The number of aromatic hydroxyl groups is 2. The van der Waals surface area contributed by atoms with Crippen LogP contribution in [0.15, 0.2) is 45.3 Å². The monoisotopic (exact) mass is 358 g/mol. The second-order valence-corrected chi connectivity index (χ2v) is 4.89. The Hall–Kier alpha value is -1.20. The third-order valence-electron chi connectivity index (χ3n) is 2.09. The van der Waals surface area contributed by atoms with E-state index in [9.17, 15) is 5.11 Å². The normalized spacial score (nSPS) is 10.2. The molecular weight excluding hydrogens is 352 g/mol. The van der Waals surface area contributed by atoms with E-state index < -0.39 is 0 Å². The van der Waals surface area contributed by atoms with Crippen LogP contribution in [0.1, 0.15) is 0 Å². The fraction of sp³-hybridized carbons (Fsp3) is 0.